The Morgan fingerprint density at radius 2 is 1.85 bits per heavy atom. The molecular weight excluding hydrogens is 350 g/mol. The molecule has 0 spiro atoms. The Balaban J connectivity index is 1.72. The van der Waals surface area contributed by atoms with Crippen LogP contribution in [0.3, 0.4) is 0 Å². The normalized spacial score (nSPS) is 10.6. The second kappa shape index (κ2) is 7.62. The van der Waals surface area contributed by atoms with Gasteiger partial charge in [0.25, 0.3) is 5.91 Å². The summed E-state index contributed by atoms with van der Waals surface area (Å²) in [6, 6.07) is 14.9. The zero-order valence-corrected chi connectivity index (χ0v) is 15.7. The summed E-state index contributed by atoms with van der Waals surface area (Å²) in [6.45, 7) is 4.18. The Hall–Kier alpha value is -2.79. The van der Waals surface area contributed by atoms with Gasteiger partial charge in [-0.05, 0) is 44.2 Å². The average Bonchev–Trinajstić information content (AvgIpc) is 2.93. The number of carbonyl (C=O) groups is 1. The van der Waals surface area contributed by atoms with E-state index < -0.39 is 0 Å². The minimum absolute atomic E-state index is 0.145. The molecule has 26 heavy (non-hydrogen) atoms. The molecule has 0 fully saturated rings. The Morgan fingerprint density at radius 3 is 2.46 bits per heavy atom. The molecule has 0 radical (unpaired) electrons. The first-order chi connectivity index (χ1) is 12.5. The molecule has 134 valence electrons. The van der Waals surface area contributed by atoms with Crippen molar-refractivity contribution in [2.45, 2.75) is 20.4 Å². The number of benzene rings is 2. The molecule has 0 atom stereocenters. The lowest BCUT2D eigenvalue weighted by molar-refractivity contribution is 0.0950. The molecule has 0 aliphatic rings. The smallest absolute Gasteiger partial charge is 0.251 e. The lowest BCUT2D eigenvalue weighted by Gasteiger charge is -2.10. The standard InChI is InChI=1S/C20H20ClN3O2/c1-13-19(21)14(2)24(23-13)17-10-8-15(9-11-17)20(25)22-12-16-6-4-5-7-18(16)26-3/h4-11H,12H2,1-3H3,(H,22,25). The van der Waals surface area contributed by atoms with E-state index in [2.05, 4.69) is 10.4 Å². The highest BCUT2D eigenvalue weighted by atomic mass is 35.5. The number of aryl methyl sites for hydroxylation is 1. The molecule has 1 aromatic heterocycles. The first kappa shape index (κ1) is 18.0. The minimum Gasteiger partial charge on any atom is -0.496 e. The molecule has 0 unspecified atom stereocenters. The molecule has 0 aliphatic heterocycles. The number of nitrogens with one attached hydrogen (secondary N) is 1. The molecule has 2 aromatic carbocycles. The number of methoxy groups -OCH3 is 1. The molecule has 3 rings (SSSR count). The van der Waals surface area contributed by atoms with Crippen LogP contribution in [0.1, 0.15) is 27.3 Å². The van der Waals surface area contributed by atoms with Gasteiger partial charge in [0.2, 0.25) is 0 Å². The average molecular weight is 370 g/mol. The minimum atomic E-state index is -0.145. The van der Waals surface area contributed by atoms with Crippen LogP contribution in [0.5, 0.6) is 5.75 Å². The number of aromatic nitrogens is 2. The van der Waals surface area contributed by atoms with Crippen LogP contribution in [-0.4, -0.2) is 22.8 Å². The summed E-state index contributed by atoms with van der Waals surface area (Å²) < 4.78 is 7.07. The van der Waals surface area contributed by atoms with Gasteiger partial charge in [-0.1, -0.05) is 29.8 Å². The van der Waals surface area contributed by atoms with E-state index in [0.29, 0.717) is 17.1 Å². The van der Waals surface area contributed by atoms with Gasteiger partial charge in [0, 0.05) is 17.7 Å². The molecule has 1 amide bonds. The summed E-state index contributed by atoms with van der Waals surface area (Å²) in [5.74, 6) is 0.610. The monoisotopic (exact) mass is 369 g/mol. The van der Waals surface area contributed by atoms with Gasteiger partial charge in [-0.25, -0.2) is 4.68 Å². The fraction of sp³-hybridized carbons (Fsp3) is 0.200. The molecule has 1 heterocycles. The summed E-state index contributed by atoms with van der Waals surface area (Å²) in [5.41, 5.74) is 4.02. The lowest BCUT2D eigenvalue weighted by atomic mass is 10.1. The van der Waals surface area contributed by atoms with Crippen LogP contribution in [-0.2, 0) is 6.54 Å². The zero-order valence-electron chi connectivity index (χ0n) is 14.9. The summed E-state index contributed by atoms with van der Waals surface area (Å²) >= 11 is 6.20. The number of hydrogen-bond acceptors (Lipinski definition) is 3. The summed E-state index contributed by atoms with van der Waals surface area (Å²) in [5, 5.41) is 7.99. The number of para-hydroxylation sites is 1. The molecule has 0 aliphatic carbocycles. The van der Waals surface area contributed by atoms with Crippen LogP contribution >= 0.6 is 11.6 Å². The molecule has 0 saturated carbocycles. The molecule has 0 bridgehead atoms. The number of halogens is 1. The molecule has 3 aromatic rings. The highest BCUT2D eigenvalue weighted by Crippen LogP contribution is 2.22. The van der Waals surface area contributed by atoms with E-state index in [4.69, 9.17) is 16.3 Å². The Bertz CT molecular complexity index is 933. The van der Waals surface area contributed by atoms with Gasteiger partial charge < -0.3 is 10.1 Å². The molecule has 0 saturated heterocycles. The van der Waals surface area contributed by atoms with Crippen molar-refractivity contribution in [3.63, 3.8) is 0 Å². The van der Waals surface area contributed by atoms with Crippen molar-refractivity contribution >= 4 is 17.5 Å². The van der Waals surface area contributed by atoms with E-state index >= 15 is 0 Å². The van der Waals surface area contributed by atoms with Gasteiger partial charge in [-0.3, -0.25) is 4.79 Å². The van der Waals surface area contributed by atoms with Gasteiger partial charge in [0.15, 0.2) is 0 Å². The topological polar surface area (TPSA) is 56.1 Å². The largest absolute Gasteiger partial charge is 0.496 e. The molecule has 6 heteroatoms. The van der Waals surface area contributed by atoms with Crippen molar-refractivity contribution in [2.75, 3.05) is 7.11 Å². The van der Waals surface area contributed by atoms with Crippen molar-refractivity contribution < 1.29 is 9.53 Å². The van der Waals surface area contributed by atoms with Crippen molar-refractivity contribution in [1.82, 2.24) is 15.1 Å². The van der Waals surface area contributed by atoms with Crippen molar-refractivity contribution in [3.8, 4) is 11.4 Å². The summed E-state index contributed by atoms with van der Waals surface area (Å²) in [4.78, 5) is 12.4. The van der Waals surface area contributed by atoms with Gasteiger partial charge in [-0.2, -0.15) is 5.10 Å². The van der Waals surface area contributed by atoms with E-state index in [1.54, 1.807) is 23.9 Å². The molecule has 1 N–H and O–H groups in total. The highest BCUT2D eigenvalue weighted by Gasteiger charge is 2.12. The predicted octanol–water partition coefficient (Wildman–Crippen LogP) is 4.08. The predicted molar refractivity (Wildman–Crippen MR) is 102 cm³/mol. The van der Waals surface area contributed by atoms with E-state index in [0.717, 1.165) is 28.4 Å². The van der Waals surface area contributed by atoms with Crippen LogP contribution in [0.2, 0.25) is 5.02 Å². The zero-order chi connectivity index (χ0) is 18.7. The van der Waals surface area contributed by atoms with Gasteiger partial charge in [0.05, 0.1) is 29.2 Å². The maximum atomic E-state index is 12.4. The first-order valence-corrected chi connectivity index (χ1v) is 8.61. The highest BCUT2D eigenvalue weighted by molar-refractivity contribution is 6.31. The van der Waals surface area contributed by atoms with Crippen LogP contribution in [0.15, 0.2) is 48.5 Å². The van der Waals surface area contributed by atoms with Crippen LogP contribution in [0.4, 0.5) is 0 Å². The van der Waals surface area contributed by atoms with Crippen LogP contribution < -0.4 is 10.1 Å². The summed E-state index contributed by atoms with van der Waals surface area (Å²) in [7, 11) is 1.62. The Kier molecular flexibility index (Phi) is 5.28. The third-order valence-corrected chi connectivity index (χ3v) is 4.76. The van der Waals surface area contributed by atoms with Gasteiger partial charge in [-0.15, -0.1) is 0 Å². The van der Waals surface area contributed by atoms with Crippen molar-refractivity contribution in [2.24, 2.45) is 0 Å². The van der Waals surface area contributed by atoms with E-state index in [1.807, 2.05) is 50.2 Å². The third-order valence-electron chi connectivity index (χ3n) is 4.21. The van der Waals surface area contributed by atoms with Crippen LogP contribution in [0, 0.1) is 13.8 Å². The third kappa shape index (κ3) is 3.58. The van der Waals surface area contributed by atoms with E-state index in [9.17, 15) is 4.79 Å². The van der Waals surface area contributed by atoms with E-state index in [1.165, 1.54) is 0 Å². The van der Waals surface area contributed by atoms with Gasteiger partial charge >= 0.3 is 0 Å². The molecular formula is C20H20ClN3O2. The second-order valence-corrected chi connectivity index (χ2v) is 6.32. The molecule has 5 nitrogen and oxygen atoms in total. The number of hydrogen-bond donors (Lipinski definition) is 1. The van der Waals surface area contributed by atoms with Gasteiger partial charge in [0.1, 0.15) is 5.75 Å². The summed E-state index contributed by atoms with van der Waals surface area (Å²) in [6.07, 6.45) is 0. The lowest BCUT2D eigenvalue weighted by Crippen LogP contribution is -2.23. The number of rotatable bonds is 5. The second-order valence-electron chi connectivity index (χ2n) is 5.94. The maximum absolute atomic E-state index is 12.4. The Labute approximate surface area is 157 Å². The SMILES string of the molecule is COc1ccccc1CNC(=O)c1ccc(-n2nc(C)c(Cl)c2C)cc1. The van der Waals surface area contributed by atoms with E-state index in [-0.39, 0.29) is 5.91 Å². The van der Waals surface area contributed by atoms with Crippen LogP contribution in [0.25, 0.3) is 5.69 Å². The van der Waals surface area contributed by atoms with Crippen molar-refractivity contribution in [3.05, 3.63) is 76.1 Å². The number of carbonyl (C=O) groups excluding carboxylic acids is 1. The number of nitrogens with zero attached hydrogens (tertiary/aromatic N) is 2. The fourth-order valence-electron chi connectivity index (χ4n) is 2.76. The number of amides is 1. The maximum Gasteiger partial charge on any atom is 0.251 e. The quantitative estimate of drug-likeness (QED) is 0.737. The number of ether oxygens (including phenoxy) is 1. The Morgan fingerprint density at radius 1 is 1.15 bits per heavy atom. The van der Waals surface area contributed by atoms with Crippen molar-refractivity contribution in [1.29, 1.82) is 0 Å². The first-order valence-electron chi connectivity index (χ1n) is 8.23. The fourth-order valence-corrected chi connectivity index (χ4v) is 2.87.